The minimum Gasteiger partial charge on any atom is -0.293 e. The largest absolute Gasteiger partial charge is 0.293 e. The third-order valence-electron chi connectivity index (χ3n) is 1.86. The summed E-state index contributed by atoms with van der Waals surface area (Å²) in [6, 6.07) is 0. The van der Waals surface area contributed by atoms with Crippen LogP contribution in [-0.4, -0.2) is 21.1 Å². The molecule has 0 aliphatic carbocycles. The van der Waals surface area contributed by atoms with Gasteiger partial charge in [-0.1, -0.05) is 19.8 Å². The number of carbonyl (C=O) groups is 1. The van der Waals surface area contributed by atoms with Crippen LogP contribution in [0.3, 0.4) is 0 Å². The molecule has 5 nitrogen and oxygen atoms in total. The fourth-order valence-corrected chi connectivity index (χ4v) is 1.12. The topological polar surface area (TPSA) is 70.7 Å². The number of hydrogen-bond acceptors (Lipinski definition) is 3. The summed E-state index contributed by atoms with van der Waals surface area (Å²) in [6.45, 7) is 3.90. The molecule has 0 bridgehead atoms. The van der Waals surface area contributed by atoms with Crippen LogP contribution in [0.15, 0.2) is 0 Å². The van der Waals surface area contributed by atoms with Gasteiger partial charge in [0.2, 0.25) is 11.9 Å². The highest BCUT2D eigenvalue weighted by Crippen LogP contribution is 2.02. The molecule has 1 rings (SSSR count). The van der Waals surface area contributed by atoms with Crippen molar-refractivity contribution < 1.29 is 4.79 Å². The van der Waals surface area contributed by atoms with Crippen molar-refractivity contribution in [1.82, 2.24) is 15.2 Å². The van der Waals surface area contributed by atoms with E-state index in [0.29, 0.717) is 18.2 Å². The average Bonchev–Trinajstić information content (AvgIpc) is 2.52. The van der Waals surface area contributed by atoms with Gasteiger partial charge in [-0.3, -0.25) is 15.2 Å². The molecule has 0 spiro atoms. The van der Waals surface area contributed by atoms with Crippen LogP contribution in [0.2, 0.25) is 0 Å². The Morgan fingerprint density at radius 3 is 2.86 bits per heavy atom. The van der Waals surface area contributed by atoms with Crippen molar-refractivity contribution in [2.24, 2.45) is 0 Å². The highest BCUT2D eigenvalue weighted by molar-refractivity contribution is 5.88. The van der Waals surface area contributed by atoms with Crippen LogP contribution in [0.1, 0.15) is 38.4 Å². The molecule has 0 aliphatic heterocycles. The fourth-order valence-electron chi connectivity index (χ4n) is 1.12. The van der Waals surface area contributed by atoms with Gasteiger partial charge in [-0.2, -0.15) is 4.98 Å². The van der Waals surface area contributed by atoms with E-state index in [1.54, 1.807) is 6.92 Å². The Hall–Kier alpha value is -1.39. The Kier molecular flexibility index (Phi) is 4.10. The zero-order chi connectivity index (χ0) is 10.4. The van der Waals surface area contributed by atoms with Gasteiger partial charge in [-0.05, 0) is 13.3 Å². The molecule has 0 aromatic carbocycles. The highest BCUT2D eigenvalue weighted by Gasteiger charge is 2.04. The number of anilines is 1. The van der Waals surface area contributed by atoms with Crippen molar-refractivity contribution in [3.8, 4) is 0 Å². The summed E-state index contributed by atoms with van der Waals surface area (Å²) < 4.78 is 0. The molecule has 0 fully saturated rings. The summed E-state index contributed by atoms with van der Waals surface area (Å²) >= 11 is 0. The first-order valence-electron chi connectivity index (χ1n) is 4.91. The molecule has 0 aliphatic rings. The number of hydrogen-bond donors (Lipinski definition) is 2. The predicted octanol–water partition coefficient (Wildman–Crippen LogP) is 1.63. The van der Waals surface area contributed by atoms with Crippen LogP contribution >= 0.6 is 0 Å². The Bertz CT molecular complexity index is 295. The zero-order valence-electron chi connectivity index (χ0n) is 8.63. The molecule has 14 heavy (non-hydrogen) atoms. The van der Waals surface area contributed by atoms with Crippen molar-refractivity contribution in [3.05, 3.63) is 5.82 Å². The maximum Gasteiger partial charge on any atom is 0.248 e. The molecule has 1 aromatic heterocycles. The lowest BCUT2D eigenvalue weighted by Gasteiger charge is -1.99. The number of aromatic nitrogens is 3. The second-order valence-electron chi connectivity index (χ2n) is 3.25. The number of unbranched alkanes of at least 4 members (excludes halogenated alkanes) is 2. The molecule has 0 saturated carbocycles. The van der Waals surface area contributed by atoms with Crippen LogP contribution in [0.4, 0.5) is 5.95 Å². The molecule has 0 saturated heterocycles. The minimum atomic E-state index is -0.0162. The number of nitrogens with zero attached hydrogens (tertiary/aromatic N) is 2. The third kappa shape index (κ3) is 3.55. The lowest BCUT2D eigenvalue weighted by Crippen LogP contribution is -2.12. The van der Waals surface area contributed by atoms with E-state index < -0.39 is 0 Å². The van der Waals surface area contributed by atoms with Gasteiger partial charge >= 0.3 is 0 Å². The molecule has 1 heterocycles. The maximum atomic E-state index is 11.3. The van der Waals surface area contributed by atoms with Crippen LogP contribution in [0.25, 0.3) is 0 Å². The maximum absolute atomic E-state index is 11.3. The Labute approximate surface area is 83.3 Å². The van der Waals surface area contributed by atoms with E-state index in [0.717, 1.165) is 19.3 Å². The van der Waals surface area contributed by atoms with Gasteiger partial charge < -0.3 is 0 Å². The summed E-state index contributed by atoms with van der Waals surface area (Å²) in [6.07, 6.45) is 3.67. The standard InChI is InChI=1S/C9H16N4O/c1-3-4-5-6-8(14)11-9-10-7(2)12-13-9/h3-6H2,1-2H3,(H2,10,11,12,13,14). The van der Waals surface area contributed by atoms with E-state index in [9.17, 15) is 4.79 Å². The molecule has 0 unspecified atom stereocenters. The van der Waals surface area contributed by atoms with Crippen molar-refractivity contribution in [1.29, 1.82) is 0 Å². The van der Waals surface area contributed by atoms with Gasteiger partial charge in [-0.25, -0.2) is 0 Å². The number of amides is 1. The first-order chi connectivity index (χ1) is 6.72. The SMILES string of the molecule is CCCCCC(=O)Nc1n[nH]c(C)n1. The van der Waals surface area contributed by atoms with Crippen LogP contribution in [0.5, 0.6) is 0 Å². The van der Waals surface area contributed by atoms with Gasteiger partial charge in [0.1, 0.15) is 5.82 Å². The second kappa shape index (κ2) is 5.36. The van der Waals surface area contributed by atoms with Gasteiger partial charge in [0.05, 0.1) is 0 Å². The zero-order valence-corrected chi connectivity index (χ0v) is 8.63. The second-order valence-corrected chi connectivity index (χ2v) is 3.25. The average molecular weight is 196 g/mol. The van der Waals surface area contributed by atoms with Crippen molar-refractivity contribution in [2.75, 3.05) is 5.32 Å². The predicted molar refractivity (Wildman–Crippen MR) is 53.9 cm³/mol. The van der Waals surface area contributed by atoms with E-state index >= 15 is 0 Å². The van der Waals surface area contributed by atoms with Crippen molar-refractivity contribution in [3.63, 3.8) is 0 Å². The molecule has 1 aromatic rings. The molecule has 78 valence electrons. The molecule has 2 N–H and O–H groups in total. The van der Waals surface area contributed by atoms with E-state index in [-0.39, 0.29) is 5.91 Å². The number of H-pyrrole nitrogens is 1. The first kappa shape index (κ1) is 10.7. The van der Waals surface area contributed by atoms with Gasteiger partial charge in [-0.15, -0.1) is 5.10 Å². The lowest BCUT2D eigenvalue weighted by atomic mass is 10.2. The quantitative estimate of drug-likeness (QED) is 0.703. The molecule has 0 radical (unpaired) electrons. The van der Waals surface area contributed by atoms with E-state index in [4.69, 9.17) is 0 Å². The summed E-state index contributed by atoms with van der Waals surface area (Å²) in [7, 11) is 0. The Balaban J connectivity index is 2.27. The molecular weight excluding hydrogens is 180 g/mol. The number of carbonyl (C=O) groups excluding carboxylic acids is 1. The first-order valence-corrected chi connectivity index (χ1v) is 4.91. The van der Waals surface area contributed by atoms with E-state index in [1.807, 2.05) is 0 Å². The van der Waals surface area contributed by atoms with Gasteiger partial charge in [0.15, 0.2) is 0 Å². The summed E-state index contributed by atoms with van der Waals surface area (Å²) in [5.41, 5.74) is 0. The van der Waals surface area contributed by atoms with Crippen molar-refractivity contribution >= 4 is 11.9 Å². The molecular formula is C9H16N4O. The fraction of sp³-hybridized carbons (Fsp3) is 0.667. The summed E-state index contributed by atoms with van der Waals surface area (Å²) in [5.74, 6) is 1.05. The normalized spacial score (nSPS) is 10.1. The molecule has 0 atom stereocenters. The lowest BCUT2D eigenvalue weighted by molar-refractivity contribution is -0.116. The number of nitrogens with one attached hydrogen (secondary N) is 2. The molecule has 1 amide bonds. The van der Waals surface area contributed by atoms with Crippen molar-refractivity contribution in [2.45, 2.75) is 39.5 Å². The number of aromatic amines is 1. The molecule has 5 heteroatoms. The van der Waals surface area contributed by atoms with E-state index in [2.05, 4.69) is 27.4 Å². The Morgan fingerprint density at radius 2 is 2.29 bits per heavy atom. The minimum absolute atomic E-state index is 0.0162. The highest BCUT2D eigenvalue weighted by atomic mass is 16.1. The number of aryl methyl sites for hydroxylation is 1. The van der Waals surface area contributed by atoms with Crippen LogP contribution in [0, 0.1) is 6.92 Å². The number of rotatable bonds is 5. The Morgan fingerprint density at radius 1 is 1.50 bits per heavy atom. The van der Waals surface area contributed by atoms with Gasteiger partial charge in [0.25, 0.3) is 0 Å². The van der Waals surface area contributed by atoms with E-state index in [1.165, 1.54) is 0 Å². The van der Waals surface area contributed by atoms with Gasteiger partial charge in [0, 0.05) is 6.42 Å². The summed E-state index contributed by atoms with van der Waals surface area (Å²) in [4.78, 5) is 15.3. The smallest absolute Gasteiger partial charge is 0.248 e. The van der Waals surface area contributed by atoms with Crippen LogP contribution in [-0.2, 0) is 4.79 Å². The van der Waals surface area contributed by atoms with Crippen LogP contribution < -0.4 is 5.32 Å². The third-order valence-corrected chi connectivity index (χ3v) is 1.86. The summed E-state index contributed by atoms with van der Waals surface area (Å²) in [5, 5.41) is 9.11. The monoisotopic (exact) mass is 196 g/mol.